The molecule has 9 heteroatoms. The van der Waals surface area contributed by atoms with Crippen molar-refractivity contribution in [3.8, 4) is 5.69 Å². The summed E-state index contributed by atoms with van der Waals surface area (Å²) < 4.78 is 15.0. The fourth-order valence-electron chi connectivity index (χ4n) is 3.54. The summed E-state index contributed by atoms with van der Waals surface area (Å²) in [4.78, 5) is 23.3. The van der Waals surface area contributed by atoms with E-state index >= 15 is 0 Å². The molecule has 8 nitrogen and oxygen atoms in total. The van der Waals surface area contributed by atoms with E-state index in [1.807, 2.05) is 20.8 Å². The number of carbonyl (C=O) groups excluding carboxylic acids is 1. The summed E-state index contributed by atoms with van der Waals surface area (Å²) in [7, 11) is 0. The van der Waals surface area contributed by atoms with Crippen LogP contribution in [-0.4, -0.2) is 55.7 Å². The molecule has 0 saturated heterocycles. The van der Waals surface area contributed by atoms with E-state index in [2.05, 4.69) is 10.4 Å². The van der Waals surface area contributed by atoms with Crippen molar-refractivity contribution < 1.29 is 29.3 Å². The molecule has 2 atom stereocenters. The van der Waals surface area contributed by atoms with Crippen LogP contribution < -0.4 is 5.32 Å². The minimum absolute atomic E-state index is 0.0449. The van der Waals surface area contributed by atoms with E-state index < -0.39 is 30.4 Å². The first-order valence-electron chi connectivity index (χ1n) is 10.4. The molecule has 170 valence electrons. The highest BCUT2D eigenvalue weighted by Crippen LogP contribution is 2.28. The van der Waals surface area contributed by atoms with Crippen LogP contribution in [0.5, 0.6) is 0 Å². The lowest BCUT2D eigenvalue weighted by molar-refractivity contribution is -0.139. The summed E-state index contributed by atoms with van der Waals surface area (Å²) in [6.45, 7) is 6.12. The predicted octanol–water partition coefficient (Wildman–Crippen LogP) is 2.40. The number of aliphatic carboxylic acids is 1. The summed E-state index contributed by atoms with van der Waals surface area (Å²) in [5.74, 6) is -1.89. The second-order valence-corrected chi connectivity index (χ2v) is 7.79. The van der Waals surface area contributed by atoms with Gasteiger partial charge in [0.1, 0.15) is 5.82 Å². The first-order chi connectivity index (χ1) is 14.6. The predicted molar refractivity (Wildman–Crippen MR) is 113 cm³/mol. The number of aromatic nitrogens is 2. The molecular formula is C22H30FN3O5. The molecule has 1 amide bonds. The van der Waals surface area contributed by atoms with Gasteiger partial charge in [0.05, 0.1) is 24.3 Å². The third-order valence-corrected chi connectivity index (χ3v) is 4.89. The molecule has 0 bridgehead atoms. The molecule has 1 aromatic heterocycles. The number of carboxylic acid groups (broad SMARTS) is 1. The lowest BCUT2D eigenvalue weighted by Crippen LogP contribution is -2.24. The number of hydrogen-bond acceptors (Lipinski definition) is 5. The van der Waals surface area contributed by atoms with E-state index in [1.165, 1.54) is 12.1 Å². The van der Waals surface area contributed by atoms with Gasteiger partial charge in [-0.15, -0.1) is 0 Å². The number of nitrogens with one attached hydrogen (secondary N) is 1. The number of carbonyl (C=O) groups is 2. The summed E-state index contributed by atoms with van der Waals surface area (Å²) in [6, 6.07) is 5.73. The van der Waals surface area contributed by atoms with Crippen LogP contribution in [0.3, 0.4) is 0 Å². The van der Waals surface area contributed by atoms with Crippen molar-refractivity contribution in [1.29, 1.82) is 0 Å². The van der Waals surface area contributed by atoms with Gasteiger partial charge >= 0.3 is 5.97 Å². The molecule has 1 heterocycles. The van der Waals surface area contributed by atoms with Crippen molar-refractivity contribution in [1.82, 2.24) is 15.1 Å². The second-order valence-electron chi connectivity index (χ2n) is 7.79. The Hall–Kier alpha value is -2.78. The molecule has 2 aromatic rings. The Bertz CT molecular complexity index is 895. The number of nitrogens with zero attached hydrogens (tertiary/aromatic N) is 2. The quantitative estimate of drug-likeness (QED) is 0.430. The SMILES string of the molecule is CCNC(=O)c1nn(-c2ccc(F)cc2)c(CC[C@@H](O)C[C@@H](O)CC(=O)O)c1C(C)C. The first kappa shape index (κ1) is 24.5. The average Bonchev–Trinajstić information content (AvgIpc) is 3.06. The Kier molecular flexibility index (Phi) is 8.70. The fraction of sp³-hybridized carbons (Fsp3) is 0.500. The molecule has 0 unspecified atom stereocenters. The van der Waals surface area contributed by atoms with E-state index in [4.69, 9.17) is 5.11 Å². The van der Waals surface area contributed by atoms with Gasteiger partial charge in [-0.2, -0.15) is 5.10 Å². The van der Waals surface area contributed by atoms with Crippen LogP contribution in [-0.2, 0) is 11.2 Å². The molecule has 0 aliphatic heterocycles. The minimum atomic E-state index is -1.15. The highest BCUT2D eigenvalue weighted by molar-refractivity contribution is 5.94. The Balaban J connectivity index is 2.38. The van der Waals surface area contributed by atoms with Gasteiger partial charge in [0.2, 0.25) is 0 Å². The molecule has 1 aromatic carbocycles. The Labute approximate surface area is 180 Å². The van der Waals surface area contributed by atoms with E-state index in [0.29, 0.717) is 24.3 Å². The first-order valence-corrected chi connectivity index (χ1v) is 10.4. The molecule has 31 heavy (non-hydrogen) atoms. The number of amides is 1. The van der Waals surface area contributed by atoms with Gasteiger partial charge in [-0.1, -0.05) is 13.8 Å². The maximum Gasteiger partial charge on any atom is 0.305 e. The van der Waals surface area contributed by atoms with Crippen molar-refractivity contribution in [3.05, 3.63) is 47.0 Å². The molecule has 0 aliphatic carbocycles. The third kappa shape index (κ3) is 6.60. The number of benzene rings is 1. The van der Waals surface area contributed by atoms with Crippen molar-refractivity contribution >= 4 is 11.9 Å². The molecular weight excluding hydrogens is 405 g/mol. The van der Waals surface area contributed by atoms with Gasteiger partial charge in [-0.05, 0) is 56.4 Å². The van der Waals surface area contributed by atoms with Gasteiger partial charge < -0.3 is 20.6 Å². The number of hydrogen-bond donors (Lipinski definition) is 4. The van der Waals surface area contributed by atoms with Crippen LogP contribution in [0, 0.1) is 5.82 Å². The Morgan fingerprint density at radius 3 is 2.35 bits per heavy atom. The van der Waals surface area contributed by atoms with Crippen LogP contribution in [0.15, 0.2) is 24.3 Å². The normalized spacial score (nSPS) is 13.3. The lowest BCUT2D eigenvalue weighted by Gasteiger charge is -2.16. The molecule has 0 radical (unpaired) electrons. The summed E-state index contributed by atoms with van der Waals surface area (Å²) in [5, 5.41) is 36.1. The zero-order chi connectivity index (χ0) is 23.1. The Morgan fingerprint density at radius 2 is 1.81 bits per heavy atom. The maximum absolute atomic E-state index is 13.4. The van der Waals surface area contributed by atoms with Gasteiger partial charge in [-0.25, -0.2) is 9.07 Å². The zero-order valence-corrected chi connectivity index (χ0v) is 18.0. The number of rotatable bonds is 11. The largest absolute Gasteiger partial charge is 0.481 e. The van der Waals surface area contributed by atoms with Crippen LogP contribution in [0.2, 0.25) is 0 Å². The van der Waals surface area contributed by atoms with Crippen molar-refractivity contribution in [3.63, 3.8) is 0 Å². The van der Waals surface area contributed by atoms with Gasteiger partial charge in [-0.3, -0.25) is 9.59 Å². The smallest absolute Gasteiger partial charge is 0.305 e. The maximum atomic E-state index is 13.4. The number of carboxylic acids is 1. The molecule has 0 spiro atoms. The number of aliphatic hydroxyl groups excluding tert-OH is 2. The molecule has 0 aliphatic rings. The number of aliphatic hydroxyl groups is 2. The number of halogens is 1. The van der Waals surface area contributed by atoms with Gasteiger partial charge in [0.15, 0.2) is 5.69 Å². The van der Waals surface area contributed by atoms with E-state index in [0.717, 1.165) is 5.56 Å². The highest BCUT2D eigenvalue weighted by atomic mass is 19.1. The highest BCUT2D eigenvalue weighted by Gasteiger charge is 2.26. The molecule has 4 N–H and O–H groups in total. The van der Waals surface area contributed by atoms with Gasteiger partial charge in [0.25, 0.3) is 5.91 Å². The molecule has 2 rings (SSSR count). The topological polar surface area (TPSA) is 125 Å². The van der Waals surface area contributed by atoms with Crippen LogP contribution in [0.1, 0.15) is 67.7 Å². The van der Waals surface area contributed by atoms with E-state index in [1.54, 1.807) is 16.8 Å². The van der Waals surface area contributed by atoms with E-state index in [9.17, 15) is 24.2 Å². The fourth-order valence-corrected chi connectivity index (χ4v) is 3.54. The summed E-state index contributed by atoms with van der Waals surface area (Å²) in [6.07, 6.45) is -2.03. The third-order valence-electron chi connectivity index (χ3n) is 4.89. The monoisotopic (exact) mass is 435 g/mol. The van der Waals surface area contributed by atoms with Crippen LogP contribution >= 0.6 is 0 Å². The molecule has 0 saturated carbocycles. The lowest BCUT2D eigenvalue weighted by atomic mass is 9.95. The summed E-state index contributed by atoms with van der Waals surface area (Å²) >= 11 is 0. The van der Waals surface area contributed by atoms with Crippen molar-refractivity contribution in [2.45, 2.75) is 64.6 Å². The second kappa shape index (κ2) is 11.0. The van der Waals surface area contributed by atoms with E-state index in [-0.39, 0.29) is 30.4 Å². The van der Waals surface area contributed by atoms with Crippen molar-refractivity contribution in [2.24, 2.45) is 0 Å². The average molecular weight is 435 g/mol. The van der Waals surface area contributed by atoms with Crippen molar-refractivity contribution in [2.75, 3.05) is 6.54 Å². The summed E-state index contributed by atoms with van der Waals surface area (Å²) in [5.41, 5.74) is 2.29. The molecule has 0 fully saturated rings. The van der Waals surface area contributed by atoms with Gasteiger partial charge in [0, 0.05) is 17.8 Å². The minimum Gasteiger partial charge on any atom is -0.481 e. The Morgan fingerprint density at radius 1 is 1.16 bits per heavy atom. The standard InChI is InChI=1S/C22H30FN3O5/c1-4-24-22(31)21-20(13(2)3)18(10-9-16(27)11-17(28)12-19(29)30)26(25-21)15-7-5-14(23)6-8-15/h5-8,13,16-17,27-28H,4,9-12H2,1-3H3,(H,24,31)(H,29,30)/t16-,17-/m1/s1. The van der Waals surface area contributed by atoms with Crippen LogP contribution in [0.4, 0.5) is 4.39 Å². The zero-order valence-electron chi connectivity index (χ0n) is 18.0. The van der Waals surface area contributed by atoms with Crippen LogP contribution in [0.25, 0.3) is 5.69 Å².